The second-order valence-corrected chi connectivity index (χ2v) is 7.31. The van der Waals surface area contributed by atoms with Crippen LogP contribution < -0.4 is 4.90 Å². The first-order valence-corrected chi connectivity index (χ1v) is 9.87. The number of nitro benzene ring substituents is 1. The van der Waals surface area contributed by atoms with E-state index >= 15 is 0 Å². The minimum Gasteiger partial charge on any atom is -0.507 e. The molecule has 1 atom stereocenters. The highest BCUT2D eigenvalue weighted by Gasteiger charge is 2.48. The molecule has 2 aromatic carbocycles. The number of aromatic amines is 1. The molecule has 1 aliphatic rings. The highest BCUT2D eigenvalue weighted by Crippen LogP contribution is 2.41. The third-order valence-electron chi connectivity index (χ3n) is 5.37. The number of hydrogen-bond acceptors (Lipinski definition) is 7. The van der Waals surface area contributed by atoms with E-state index < -0.39 is 28.4 Å². The van der Waals surface area contributed by atoms with Crippen LogP contribution in [-0.2, 0) is 9.59 Å². The summed E-state index contributed by atoms with van der Waals surface area (Å²) in [6, 6.07) is 16.2. The van der Waals surface area contributed by atoms with E-state index in [1.807, 2.05) is 6.07 Å². The van der Waals surface area contributed by atoms with Crippen molar-refractivity contribution in [2.75, 3.05) is 4.90 Å². The molecule has 4 aromatic rings. The number of hydrogen-bond donors (Lipinski definition) is 2. The Bertz CT molecular complexity index is 1410. The number of non-ortho nitro benzene ring substituents is 1. The van der Waals surface area contributed by atoms with E-state index in [0.717, 1.165) is 0 Å². The van der Waals surface area contributed by atoms with Crippen molar-refractivity contribution in [3.8, 4) is 0 Å². The zero-order valence-corrected chi connectivity index (χ0v) is 16.9. The molecule has 1 saturated heterocycles. The van der Waals surface area contributed by atoms with Gasteiger partial charge < -0.3 is 10.1 Å². The van der Waals surface area contributed by atoms with E-state index in [9.17, 15) is 24.8 Å². The first-order valence-electron chi connectivity index (χ1n) is 9.87. The second-order valence-electron chi connectivity index (χ2n) is 7.31. The number of Topliss-reactive ketones (excluding diaryl/α,β-unsaturated/α-hetero) is 1. The van der Waals surface area contributed by atoms with Crippen LogP contribution in [0.15, 0.2) is 78.5 Å². The number of imidazole rings is 1. The molecule has 0 saturated carbocycles. The highest BCUT2D eigenvalue weighted by atomic mass is 16.6. The van der Waals surface area contributed by atoms with Crippen LogP contribution in [0.4, 0.5) is 11.6 Å². The molecule has 1 aliphatic heterocycles. The summed E-state index contributed by atoms with van der Waals surface area (Å²) < 4.78 is 0. The zero-order valence-electron chi connectivity index (χ0n) is 16.9. The lowest BCUT2D eigenvalue weighted by Crippen LogP contribution is -2.30. The van der Waals surface area contributed by atoms with Crippen LogP contribution in [0.2, 0.25) is 0 Å². The van der Waals surface area contributed by atoms with E-state index in [-0.39, 0.29) is 22.8 Å². The number of amides is 1. The molecule has 0 bridgehead atoms. The fourth-order valence-electron chi connectivity index (χ4n) is 3.82. The van der Waals surface area contributed by atoms with Crippen LogP contribution in [0.5, 0.6) is 0 Å². The van der Waals surface area contributed by atoms with Crippen molar-refractivity contribution in [2.24, 2.45) is 0 Å². The van der Waals surface area contributed by atoms with Crippen molar-refractivity contribution in [2.45, 2.75) is 6.04 Å². The van der Waals surface area contributed by atoms with Gasteiger partial charge in [0.2, 0.25) is 5.95 Å². The number of fused-ring (bicyclic) bond motifs is 1. The second kappa shape index (κ2) is 7.68. The first-order chi connectivity index (χ1) is 16.0. The number of aliphatic hydroxyl groups excluding tert-OH is 1. The number of benzene rings is 2. The van der Waals surface area contributed by atoms with Gasteiger partial charge in [-0.2, -0.15) is 0 Å². The van der Waals surface area contributed by atoms with Crippen molar-refractivity contribution >= 4 is 40.1 Å². The van der Waals surface area contributed by atoms with Crippen LogP contribution in [0.25, 0.3) is 16.8 Å². The third-order valence-corrected chi connectivity index (χ3v) is 5.37. The molecule has 0 radical (unpaired) electrons. The molecule has 5 rings (SSSR count). The number of H-pyrrole nitrogens is 1. The SMILES string of the molecule is O=C1C(=O)N(c2nc3ccccc3[nH]2)C(c2ccccn2)/C1=C(\O)c1ccc([N+](=O)[O-])cc1. The Kier molecular flexibility index (Phi) is 4.67. The Balaban J connectivity index is 1.70. The lowest BCUT2D eigenvalue weighted by molar-refractivity contribution is -0.384. The fourth-order valence-corrected chi connectivity index (χ4v) is 3.82. The van der Waals surface area contributed by atoms with Gasteiger partial charge in [-0.15, -0.1) is 0 Å². The van der Waals surface area contributed by atoms with Crippen LogP contribution in [0, 0.1) is 10.1 Å². The number of carbonyl (C=O) groups excluding carboxylic acids is 2. The molecule has 1 fully saturated rings. The lowest BCUT2D eigenvalue weighted by Gasteiger charge is -2.22. The molecule has 33 heavy (non-hydrogen) atoms. The summed E-state index contributed by atoms with van der Waals surface area (Å²) in [7, 11) is 0. The van der Waals surface area contributed by atoms with E-state index in [1.165, 1.54) is 35.4 Å². The molecule has 1 amide bonds. The molecule has 10 nitrogen and oxygen atoms in total. The van der Waals surface area contributed by atoms with E-state index in [1.54, 1.807) is 36.4 Å². The number of pyridine rings is 1. The van der Waals surface area contributed by atoms with Crippen LogP contribution in [-0.4, -0.2) is 36.7 Å². The molecule has 0 spiro atoms. The van der Waals surface area contributed by atoms with Gasteiger partial charge in [0, 0.05) is 23.9 Å². The molecule has 162 valence electrons. The minimum absolute atomic E-state index is 0.136. The van der Waals surface area contributed by atoms with Crippen LogP contribution in [0.3, 0.4) is 0 Å². The molecular formula is C23H15N5O5. The Labute approximate surface area is 186 Å². The molecule has 10 heteroatoms. The standard InChI is InChI=1S/C23H15N5O5/c29-20(13-8-10-14(11-9-13)28(32)33)18-19(17-7-3-4-12-24-17)27(22(31)21(18)30)23-25-15-5-1-2-6-16(15)26-23/h1-12,19,29H,(H,25,26)/b20-18+. The van der Waals surface area contributed by atoms with E-state index in [0.29, 0.717) is 16.7 Å². The number of anilines is 1. The number of carbonyl (C=O) groups is 2. The van der Waals surface area contributed by atoms with Crippen molar-refractivity contribution in [3.63, 3.8) is 0 Å². The quantitative estimate of drug-likeness (QED) is 0.162. The van der Waals surface area contributed by atoms with Crippen LogP contribution in [0.1, 0.15) is 17.3 Å². The number of nitro groups is 1. The van der Waals surface area contributed by atoms with Crippen molar-refractivity contribution in [1.82, 2.24) is 15.0 Å². The fraction of sp³-hybridized carbons (Fsp3) is 0.0435. The van der Waals surface area contributed by atoms with Gasteiger partial charge >= 0.3 is 5.91 Å². The molecule has 1 unspecified atom stereocenters. The zero-order chi connectivity index (χ0) is 23.1. The van der Waals surface area contributed by atoms with Gasteiger partial charge in [0.05, 0.1) is 27.2 Å². The summed E-state index contributed by atoms with van der Waals surface area (Å²) in [4.78, 5) is 49.5. The average Bonchev–Trinajstić information content (AvgIpc) is 3.38. The first kappa shape index (κ1) is 20.1. The number of para-hydroxylation sites is 2. The maximum Gasteiger partial charge on any atom is 0.302 e. The summed E-state index contributed by atoms with van der Waals surface area (Å²) >= 11 is 0. The Morgan fingerprint density at radius 3 is 2.42 bits per heavy atom. The van der Waals surface area contributed by atoms with Crippen molar-refractivity contribution < 1.29 is 19.6 Å². The van der Waals surface area contributed by atoms with Gasteiger partial charge in [0.25, 0.3) is 11.5 Å². The summed E-state index contributed by atoms with van der Waals surface area (Å²) in [5, 5.41) is 22.0. The Morgan fingerprint density at radius 1 is 1.03 bits per heavy atom. The van der Waals surface area contributed by atoms with Gasteiger partial charge in [-0.25, -0.2) is 4.98 Å². The third kappa shape index (κ3) is 3.30. The predicted octanol–water partition coefficient (Wildman–Crippen LogP) is 3.49. The summed E-state index contributed by atoms with van der Waals surface area (Å²) in [6.45, 7) is 0. The molecule has 0 aliphatic carbocycles. The number of rotatable bonds is 4. The average molecular weight is 441 g/mol. The summed E-state index contributed by atoms with van der Waals surface area (Å²) in [5.41, 5.74) is 1.42. The molecule has 2 aromatic heterocycles. The normalized spacial score (nSPS) is 17.6. The van der Waals surface area contributed by atoms with E-state index in [4.69, 9.17) is 0 Å². The van der Waals surface area contributed by atoms with Crippen molar-refractivity contribution in [1.29, 1.82) is 0 Å². The number of aliphatic hydroxyl groups is 1. The highest BCUT2D eigenvalue weighted by molar-refractivity contribution is 6.51. The Morgan fingerprint density at radius 2 is 1.76 bits per heavy atom. The number of nitrogens with zero attached hydrogens (tertiary/aromatic N) is 4. The molecular weight excluding hydrogens is 426 g/mol. The largest absolute Gasteiger partial charge is 0.507 e. The van der Waals surface area contributed by atoms with Gasteiger partial charge in [0.15, 0.2) is 0 Å². The molecule has 2 N–H and O–H groups in total. The molecule has 3 heterocycles. The van der Waals surface area contributed by atoms with Gasteiger partial charge in [0.1, 0.15) is 11.8 Å². The van der Waals surface area contributed by atoms with Gasteiger partial charge in [-0.3, -0.25) is 29.6 Å². The van der Waals surface area contributed by atoms with E-state index in [2.05, 4.69) is 15.0 Å². The predicted molar refractivity (Wildman–Crippen MR) is 118 cm³/mol. The Hall–Kier alpha value is -4.86. The van der Waals surface area contributed by atoms with Gasteiger partial charge in [-0.1, -0.05) is 18.2 Å². The summed E-state index contributed by atoms with van der Waals surface area (Å²) in [5.74, 6) is -2.12. The number of aromatic nitrogens is 3. The van der Waals surface area contributed by atoms with Gasteiger partial charge in [-0.05, 0) is 36.4 Å². The maximum atomic E-state index is 13.1. The lowest BCUT2D eigenvalue weighted by atomic mass is 9.98. The smallest absolute Gasteiger partial charge is 0.302 e. The van der Waals surface area contributed by atoms with Crippen molar-refractivity contribution in [3.05, 3.63) is 99.9 Å². The monoisotopic (exact) mass is 441 g/mol. The minimum atomic E-state index is -1.05. The van der Waals surface area contributed by atoms with Crippen LogP contribution >= 0.6 is 0 Å². The maximum absolute atomic E-state index is 13.1. The topological polar surface area (TPSA) is 142 Å². The summed E-state index contributed by atoms with van der Waals surface area (Å²) in [6.07, 6.45) is 1.51. The number of nitrogens with one attached hydrogen (secondary N) is 1. The number of ketones is 1.